The third-order valence-electron chi connectivity index (χ3n) is 11.4. The van der Waals surface area contributed by atoms with Gasteiger partial charge in [-0.05, 0) is 94.7 Å². The Hall–Kier alpha value is -6.85. The van der Waals surface area contributed by atoms with Crippen LogP contribution in [0.25, 0.3) is 94.7 Å². The monoisotopic (exact) mass is 999 g/mol. The number of rotatable bonds is 7. The van der Waals surface area contributed by atoms with Gasteiger partial charge >= 0.3 is 0 Å². The number of furan rings is 2. The molecule has 0 unspecified atom stereocenters. The summed E-state index contributed by atoms with van der Waals surface area (Å²) < 4.78 is 37.2. The van der Waals surface area contributed by atoms with Gasteiger partial charge in [0, 0.05) is 47.1 Å². The minimum absolute atomic E-state index is 0. The van der Waals surface area contributed by atoms with Gasteiger partial charge < -0.3 is 18.4 Å². The van der Waals surface area contributed by atoms with Crippen LogP contribution >= 0.6 is 0 Å². The zero-order valence-corrected chi connectivity index (χ0v) is 37.7. The van der Waals surface area contributed by atoms with Crippen molar-refractivity contribution in [2.75, 3.05) is 0 Å². The summed E-state index contributed by atoms with van der Waals surface area (Å²) in [6, 6.07) is 61.7. The molecule has 7 aromatic carbocycles. The van der Waals surface area contributed by atoms with Gasteiger partial charge in [-0.3, -0.25) is 4.98 Å². The number of pyridine rings is 1. The average Bonchev–Trinajstić information content (AvgIpc) is 4.06. The molecule has 0 fully saturated rings. The zero-order chi connectivity index (χ0) is 44.8. The Kier molecular flexibility index (Phi) is 10.5. The molecule has 0 N–H and O–H groups in total. The number of hydrogen-bond acceptors (Lipinski definition) is 4. The van der Waals surface area contributed by atoms with E-state index in [1.807, 2.05) is 48.5 Å². The molecule has 0 aliphatic carbocycles. The molecule has 4 heterocycles. The predicted octanol–water partition coefficient (Wildman–Crippen LogP) is 15.6. The van der Waals surface area contributed by atoms with Gasteiger partial charge in [0.05, 0.1) is 27.8 Å². The van der Waals surface area contributed by atoms with Crippen LogP contribution in [0.4, 0.5) is 0 Å². The summed E-state index contributed by atoms with van der Waals surface area (Å²) in [5.74, 6) is 2.17. The van der Waals surface area contributed by atoms with Gasteiger partial charge in [0.2, 0.25) is 0 Å². The molecule has 0 aliphatic heterocycles. The molecule has 311 valence electrons. The maximum atomic E-state index is 7.23. The second kappa shape index (κ2) is 17.5. The third kappa shape index (κ3) is 7.82. The molecule has 0 saturated heterocycles. The summed E-state index contributed by atoms with van der Waals surface area (Å²) in [4.78, 5) is 9.44. The predicted molar refractivity (Wildman–Crippen MR) is 255 cm³/mol. The number of aryl methyl sites for hydroxylation is 1. The summed E-state index contributed by atoms with van der Waals surface area (Å²) >= 11 is 0. The van der Waals surface area contributed by atoms with Gasteiger partial charge in [-0.1, -0.05) is 124 Å². The van der Waals surface area contributed by atoms with Crippen molar-refractivity contribution in [2.24, 2.45) is 0 Å². The number of imidazole rings is 1. The van der Waals surface area contributed by atoms with Gasteiger partial charge in [-0.25, -0.2) is 0 Å². The first kappa shape index (κ1) is 37.9. The van der Waals surface area contributed by atoms with Crippen molar-refractivity contribution in [1.82, 2.24) is 14.5 Å². The summed E-state index contributed by atoms with van der Waals surface area (Å²) in [5, 5.41) is 3.02. The Morgan fingerprint density at radius 1 is 0.603 bits per heavy atom. The Bertz CT molecular complexity index is 3440. The van der Waals surface area contributed by atoms with Crippen LogP contribution in [0.1, 0.15) is 60.3 Å². The summed E-state index contributed by atoms with van der Waals surface area (Å²) in [7, 11) is 0. The average molecular weight is 999 g/mol. The summed E-state index contributed by atoms with van der Waals surface area (Å²) in [6.45, 7) is 7.03. The second-order valence-corrected chi connectivity index (χ2v) is 16.2. The fourth-order valence-corrected chi connectivity index (χ4v) is 8.37. The molecule has 11 rings (SSSR count). The maximum absolute atomic E-state index is 7.23. The van der Waals surface area contributed by atoms with Crippen LogP contribution in [0.5, 0.6) is 0 Å². The fraction of sp³-hybridized carbons (Fsp3) is 0.123. The van der Waals surface area contributed by atoms with E-state index in [-0.39, 0.29) is 37.5 Å². The molecule has 0 aliphatic rings. The second-order valence-electron chi connectivity index (χ2n) is 16.2. The first-order valence-corrected chi connectivity index (χ1v) is 21.0. The normalized spacial score (nSPS) is 12.3. The van der Waals surface area contributed by atoms with E-state index in [9.17, 15) is 0 Å². The molecular weight excluding hydrogens is 951 g/mol. The van der Waals surface area contributed by atoms with Gasteiger partial charge in [-0.15, -0.1) is 54.1 Å². The minimum atomic E-state index is -2.09. The van der Waals surface area contributed by atoms with E-state index in [2.05, 4.69) is 146 Å². The SMILES string of the molecule is CC(C)c1cc(-c2ccccc2)cc(C(C)C)c1-n1c(-c2[c-]ccc3c2oc2c4cc(-c5ccccc5)oc4ccc32)nc2ccccc21.[2H]C([2H])([2H])c1ccc(-c2[c-]cccc2)nc1.[Ir]. The van der Waals surface area contributed by atoms with Crippen molar-refractivity contribution in [3.8, 4) is 50.8 Å². The van der Waals surface area contributed by atoms with Crippen LogP contribution in [0.2, 0.25) is 0 Å². The fourth-order valence-electron chi connectivity index (χ4n) is 8.37. The molecule has 6 heteroatoms. The van der Waals surface area contributed by atoms with E-state index in [0.717, 1.165) is 77.9 Å². The summed E-state index contributed by atoms with van der Waals surface area (Å²) in [6.07, 6.45) is 1.39. The van der Waals surface area contributed by atoms with E-state index >= 15 is 0 Å². The van der Waals surface area contributed by atoms with Gasteiger partial charge in [0.15, 0.2) is 0 Å². The molecular formula is C57H45IrN3O2-2. The smallest absolute Gasteiger partial charge is 0.138 e. The minimum Gasteiger partial charge on any atom is -0.500 e. The van der Waals surface area contributed by atoms with Gasteiger partial charge in [0.1, 0.15) is 16.9 Å². The van der Waals surface area contributed by atoms with Crippen molar-refractivity contribution in [1.29, 1.82) is 0 Å². The first-order valence-electron chi connectivity index (χ1n) is 22.5. The van der Waals surface area contributed by atoms with Crippen LogP contribution in [0.3, 0.4) is 0 Å². The maximum Gasteiger partial charge on any atom is 0.138 e. The third-order valence-corrected chi connectivity index (χ3v) is 11.4. The largest absolute Gasteiger partial charge is 0.500 e. The molecule has 63 heavy (non-hydrogen) atoms. The van der Waals surface area contributed by atoms with Crippen molar-refractivity contribution in [2.45, 2.75) is 46.4 Å². The van der Waals surface area contributed by atoms with Crippen LogP contribution in [-0.4, -0.2) is 14.5 Å². The van der Waals surface area contributed by atoms with Gasteiger partial charge in [0.25, 0.3) is 0 Å². The van der Waals surface area contributed by atoms with E-state index in [1.54, 1.807) is 18.2 Å². The first-order chi connectivity index (χ1) is 31.5. The van der Waals surface area contributed by atoms with Crippen molar-refractivity contribution in [3.05, 3.63) is 199 Å². The Labute approximate surface area is 385 Å². The molecule has 0 amide bonds. The van der Waals surface area contributed by atoms with Crippen LogP contribution in [0, 0.1) is 19.0 Å². The molecule has 1 radical (unpaired) electrons. The summed E-state index contributed by atoms with van der Waals surface area (Å²) in [5.41, 5.74) is 14.3. The number of hydrogen-bond donors (Lipinski definition) is 0. The standard InChI is InChI=1S/C45H35N2O2.C12H10N.Ir/c1-27(2)35-24-31(29-14-7-5-8-15-29)25-36(28(3)4)42(35)47-39-21-12-11-20-38(39)46-45(47)34-19-13-18-32-33-22-23-40-37(44(33)49-43(32)34)26-41(48-40)30-16-9-6-10-17-30;1-10-7-8-12(13-9-10)11-5-3-2-4-6-11;/h5-18,20-28H,1-4H3;2-5,7-9H,1H3;/q2*-1;/i;1D3;. The number of para-hydroxylation sites is 2. The number of nitrogens with zero attached hydrogens (tertiary/aromatic N) is 3. The molecule has 0 bridgehead atoms. The van der Waals surface area contributed by atoms with E-state index in [0.29, 0.717) is 0 Å². The zero-order valence-electron chi connectivity index (χ0n) is 38.3. The number of benzene rings is 7. The van der Waals surface area contributed by atoms with Crippen LogP contribution in [0.15, 0.2) is 179 Å². The van der Waals surface area contributed by atoms with Gasteiger partial charge in [-0.2, -0.15) is 0 Å². The quantitative estimate of drug-likeness (QED) is 0.149. The number of fused-ring (bicyclic) bond motifs is 6. The Morgan fingerprint density at radius 2 is 1.30 bits per heavy atom. The van der Waals surface area contributed by atoms with E-state index in [1.165, 1.54) is 34.1 Å². The van der Waals surface area contributed by atoms with E-state index < -0.39 is 6.85 Å². The molecule has 11 aromatic rings. The molecule has 5 nitrogen and oxygen atoms in total. The molecule has 4 aromatic heterocycles. The van der Waals surface area contributed by atoms with Crippen molar-refractivity contribution in [3.63, 3.8) is 0 Å². The molecule has 0 spiro atoms. The molecule has 0 atom stereocenters. The molecule has 0 saturated carbocycles. The van der Waals surface area contributed by atoms with Crippen molar-refractivity contribution < 1.29 is 33.1 Å². The topological polar surface area (TPSA) is 57.0 Å². The van der Waals surface area contributed by atoms with E-state index in [4.69, 9.17) is 17.9 Å². The number of aromatic nitrogens is 3. The van der Waals surface area contributed by atoms with Crippen LogP contribution in [-0.2, 0) is 20.1 Å². The Morgan fingerprint density at radius 3 is 1.98 bits per heavy atom. The Balaban J connectivity index is 0.000000273. The van der Waals surface area contributed by atoms with Crippen LogP contribution < -0.4 is 0 Å². The van der Waals surface area contributed by atoms with Crippen molar-refractivity contribution >= 4 is 43.9 Å².